The Labute approximate surface area is 101 Å². The first-order valence-electron chi connectivity index (χ1n) is 5.90. The monoisotopic (exact) mass is 234 g/mol. The molecule has 92 valence electrons. The van der Waals surface area contributed by atoms with Gasteiger partial charge in [0.1, 0.15) is 11.0 Å². The van der Waals surface area contributed by atoms with Gasteiger partial charge in [0, 0.05) is 12.1 Å². The maximum absolute atomic E-state index is 11.6. The zero-order chi connectivity index (χ0) is 12.7. The van der Waals surface area contributed by atoms with Crippen LogP contribution in [-0.2, 0) is 0 Å². The Kier molecular flexibility index (Phi) is 5.13. The predicted octanol–water partition coefficient (Wildman–Crippen LogP) is 2.12. The summed E-state index contributed by atoms with van der Waals surface area (Å²) in [6, 6.07) is 5.25. The Morgan fingerprint density at radius 1 is 1.29 bits per heavy atom. The van der Waals surface area contributed by atoms with Crippen LogP contribution >= 0.6 is 0 Å². The van der Waals surface area contributed by atoms with Crippen molar-refractivity contribution in [2.75, 3.05) is 6.54 Å². The van der Waals surface area contributed by atoms with E-state index in [1.165, 1.54) is 0 Å². The third kappa shape index (κ3) is 3.27. The van der Waals surface area contributed by atoms with E-state index in [1.807, 2.05) is 20.8 Å². The van der Waals surface area contributed by atoms with Crippen LogP contribution in [0.3, 0.4) is 0 Å². The number of carbonyl (C=O) groups is 1. The molecule has 0 saturated carbocycles. The summed E-state index contributed by atoms with van der Waals surface area (Å²) in [5.41, 5.74) is 2.09. The summed E-state index contributed by atoms with van der Waals surface area (Å²) in [6.45, 7) is 6.71. The summed E-state index contributed by atoms with van der Waals surface area (Å²) < 4.78 is 0. The first-order valence-corrected chi connectivity index (χ1v) is 5.90. The molecule has 0 aliphatic rings. The topological polar surface area (TPSA) is 70.7 Å². The maximum Gasteiger partial charge on any atom is 0.251 e. The Bertz CT molecular complexity index is 478. The minimum absolute atomic E-state index is 0.0678. The van der Waals surface area contributed by atoms with Crippen LogP contribution in [0.1, 0.15) is 37.6 Å². The van der Waals surface area contributed by atoms with Gasteiger partial charge in [-0.2, -0.15) is 15.4 Å². The number of amides is 1. The number of fused-ring (bicyclic) bond motifs is 1. The highest BCUT2D eigenvalue weighted by molar-refractivity contribution is 5.97. The average molecular weight is 234 g/mol. The van der Waals surface area contributed by atoms with Gasteiger partial charge < -0.3 is 5.32 Å². The number of aromatic amines is 1. The number of benzene rings is 1. The van der Waals surface area contributed by atoms with Crippen molar-refractivity contribution < 1.29 is 4.79 Å². The summed E-state index contributed by atoms with van der Waals surface area (Å²) in [5.74, 6) is -0.0678. The van der Waals surface area contributed by atoms with Crippen molar-refractivity contribution in [1.29, 1.82) is 0 Å². The standard InChI is InChI=1S/C10H12N4O.C2H6/c1-2-5-11-10(15)7-3-4-8-9(6-7)13-14-12-8;1-2/h3-4,6H,2,5H2,1H3,(H,11,15)(H,12,13,14);1-2H3. The quantitative estimate of drug-likeness (QED) is 0.854. The number of nitrogens with zero attached hydrogens (tertiary/aromatic N) is 2. The van der Waals surface area contributed by atoms with Crippen molar-refractivity contribution >= 4 is 16.9 Å². The number of nitrogens with one attached hydrogen (secondary N) is 2. The van der Waals surface area contributed by atoms with Crippen LogP contribution in [0.2, 0.25) is 0 Å². The molecule has 1 aromatic carbocycles. The van der Waals surface area contributed by atoms with Gasteiger partial charge in [-0.05, 0) is 24.6 Å². The van der Waals surface area contributed by atoms with Gasteiger partial charge in [0.05, 0.1) is 0 Å². The molecule has 0 fully saturated rings. The number of rotatable bonds is 3. The highest BCUT2D eigenvalue weighted by atomic mass is 16.1. The van der Waals surface area contributed by atoms with Gasteiger partial charge in [-0.25, -0.2) is 0 Å². The Morgan fingerprint density at radius 3 is 2.71 bits per heavy atom. The van der Waals surface area contributed by atoms with Gasteiger partial charge in [-0.15, -0.1) is 0 Å². The van der Waals surface area contributed by atoms with Gasteiger partial charge in [-0.1, -0.05) is 20.8 Å². The van der Waals surface area contributed by atoms with Crippen LogP contribution in [0.4, 0.5) is 0 Å². The number of H-pyrrole nitrogens is 1. The Hall–Kier alpha value is -1.91. The number of carbonyl (C=O) groups excluding carboxylic acids is 1. The van der Waals surface area contributed by atoms with Crippen molar-refractivity contribution in [3.05, 3.63) is 23.8 Å². The van der Waals surface area contributed by atoms with E-state index < -0.39 is 0 Å². The van der Waals surface area contributed by atoms with Gasteiger partial charge in [0.15, 0.2) is 0 Å². The summed E-state index contributed by atoms with van der Waals surface area (Å²) >= 11 is 0. The van der Waals surface area contributed by atoms with Crippen LogP contribution < -0.4 is 5.32 Å². The van der Waals surface area contributed by atoms with E-state index in [2.05, 4.69) is 20.7 Å². The van der Waals surface area contributed by atoms with Crippen LogP contribution in [0.5, 0.6) is 0 Å². The lowest BCUT2D eigenvalue weighted by molar-refractivity contribution is 0.0954. The molecule has 17 heavy (non-hydrogen) atoms. The lowest BCUT2D eigenvalue weighted by Gasteiger charge is -2.02. The number of hydrogen-bond acceptors (Lipinski definition) is 3. The molecule has 1 heterocycles. The lowest BCUT2D eigenvalue weighted by Crippen LogP contribution is -2.23. The van der Waals surface area contributed by atoms with Gasteiger partial charge in [0.25, 0.3) is 5.91 Å². The lowest BCUT2D eigenvalue weighted by atomic mass is 10.2. The molecule has 5 nitrogen and oxygen atoms in total. The average Bonchev–Trinajstić information content (AvgIpc) is 2.85. The molecule has 5 heteroatoms. The van der Waals surface area contributed by atoms with Crippen LogP contribution in [0.25, 0.3) is 11.0 Å². The zero-order valence-electron chi connectivity index (χ0n) is 10.4. The summed E-state index contributed by atoms with van der Waals surface area (Å²) in [7, 11) is 0. The van der Waals surface area contributed by atoms with Crippen molar-refractivity contribution in [2.24, 2.45) is 0 Å². The molecule has 0 unspecified atom stereocenters. The summed E-state index contributed by atoms with van der Waals surface area (Å²) in [6.07, 6.45) is 0.929. The molecule has 0 aliphatic heterocycles. The van der Waals surface area contributed by atoms with Crippen LogP contribution in [0, 0.1) is 0 Å². The van der Waals surface area contributed by atoms with Gasteiger partial charge in [-0.3, -0.25) is 4.79 Å². The van der Waals surface area contributed by atoms with Gasteiger partial charge in [0.2, 0.25) is 0 Å². The van der Waals surface area contributed by atoms with Crippen molar-refractivity contribution in [1.82, 2.24) is 20.7 Å². The normalized spacial score (nSPS) is 9.59. The number of hydrogen-bond donors (Lipinski definition) is 2. The molecule has 2 N–H and O–H groups in total. The third-order valence-corrected chi connectivity index (χ3v) is 2.11. The minimum Gasteiger partial charge on any atom is -0.352 e. The van der Waals surface area contributed by atoms with E-state index >= 15 is 0 Å². The van der Waals surface area contributed by atoms with E-state index in [0.717, 1.165) is 11.9 Å². The van der Waals surface area contributed by atoms with E-state index in [4.69, 9.17) is 0 Å². The summed E-state index contributed by atoms with van der Waals surface area (Å²) in [5, 5.41) is 13.2. The molecule has 2 rings (SSSR count). The van der Waals surface area contributed by atoms with Crippen LogP contribution in [0.15, 0.2) is 18.2 Å². The third-order valence-electron chi connectivity index (χ3n) is 2.11. The Balaban J connectivity index is 0.000000686. The molecule has 2 aromatic rings. The van der Waals surface area contributed by atoms with Crippen molar-refractivity contribution in [3.8, 4) is 0 Å². The fourth-order valence-electron chi connectivity index (χ4n) is 1.32. The molecule has 0 spiro atoms. The van der Waals surface area contributed by atoms with Crippen molar-refractivity contribution in [2.45, 2.75) is 27.2 Å². The SMILES string of the molecule is CC.CCCNC(=O)c1ccc2n[nH]nc2c1. The van der Waals surface area contributed by atoms with E-state index in [-0.39, 0.29) is 5.91 Å². The molecule has 0 bridgehead atoms. The molecule has 0 aliphatic carbocycles. The first-order chi connectivity index (χ1) is 8.31. The first kappa shape index (κ1) is 13.2. The molecule has 0 saturated heterocycles. The van der Waals surface area contributed by atoms with Crippen LogP contribution in [-0.4, -0.2) is 27.9 Å². The van der Waals surface area contributed by atoms with E-state index in [0.29, 0.717) is 17.6 Å². The minimum atomic E-state index is -0.0678. The summed E-state index contributed by atoms with van der Waals surface area (Å²) in [4.78, 5) is 11.6. The molecule has 0 radical (unpaired) electrons. The molecule has 1 amide bonds. The second kappa shape index (κ2) is 6.62. The molecular weight excluding hydrogens is 216 g/mol. The Morgan fingerprint density at radius 2 is 2.00 bits per heavy atom. The molecular formula is C12H18N4O. The van der Waals surface area contributed by atoms with E-state index in [1.54, 1.807) is 18.2 Å². The zero-order valence-corrected chi connectivity index (χ0v) is 10.4. The second-order valence-corrected chi connectivity index (χ2v) is 3.28. The second-order valence-electron chi connectivity index (χ2n) is 3.28. The fourth-order valence-corrected chi connectivity index (χ4v) is 1.32. The largest absolute Gasteiger partial charge is 0.352 e. The maximum atomic E-state index is 11.6. The smallest absolute Gasteiger partial charge is 0.251 e. The predicted molar refractivity (Wildman–Crippen MR) is 67.9 cm³/mol. The fraction of sp³-hybridized carbons (Fsp3) is 0.417. The van der Waals surface area contributed by atoms with Gasteiger partial charge >= 0.3 is 0 Å². The highest BCUT2D eigenvalue weighted by Crippen LogP contribution is 2.10. The van der Waals surface area contributed by atoms with E-state index in [9.17, 15) is 4.79 Å². The molecule has 1 aromatic heterocycles. The highest BCUT2D eigenvalue weighted by Gasteiger charge is 2.06. The number of aromatic nitrogens is 3. The molecule has 0 atom stereocenters. The van der Waals surface area contributed by atoms with Crippen molar-refractivity contribution in [3.63, 3.8) is 0 Å².